The Morgan fingerprint density at radius 3 is 2.44 bits per heavy atom. The zero-order valence-corrected chi connectivity index (χ0v) is 16.0. The topological polar surface area (TPSA) is 92.7 Å². The Kier molecular flexibility index (Phi) is 5.21. The van der Waals surface area contributed by atoms with Crippen molar-refractivity contribution in [2.75, 3.05) is 5.32 Å². The minimum atomic E-state index is -0.206. The molecule has 0 radical (unpaired) electrons. The predicted molar refractivity (Wildman–Crippen MR) is 105 cm³/mol. The number of H-pyrrole nitrogens is 1. The van der Waals surface area contributed by atoms with Gasteiger partial charge in [-0.1, -0.05) is 30.3 Å². The molecule has 0 aliphatic rings. The molecule has 7 nitrogen and oxygen atoms in total. The zero-order chi connectivity index (χ0) is 19.6. The van der Waals surface area contributed by atoms with Crippen LogP contribution in [-0.4, -0.2) is 25.7 Å². The van der Waals surface area contributed by atoms with E-state index in [-0.39, 0.29) is 17.9 Å². The smallest absolute Gasteiger partial charge is 0.254 e. The van der Waals surface area contributed by atoms with Gasteiger partial charge in [-0.05, 0) is 27.2 Å². The highest BCUT2D eigenvalue weighted by Crippen LogP contribution is 2.19. The van der Waals surface area contributed by atoms with E-state index in [1.54, 1.807) is 11.6 Å². The van der Waals surface area contributed by atoms with Crippen LogP contribution in [0.15, 0.2) is 35.1 Å². The molecular weight excluding hydrogens is 342 g/mol. The van der Waals surface area contributed by atoms with Crippen LogP contribution >= 0.6 is 0 Å². The Labute approximate surface area is 157 Å². The molecule has 140 valence electrons. The fraction of sp³-hybridized carbons (Fsp3) is 0.300. The summed E-state index contributed by atoms with van der Waals surface area (Å²) in [5.41, 5.74) is 4.21. The summed E-state index contributed by atoms with van der Waals surface area (Å²) >= 11 is 0. The molecule has 0 fully saturated rings. The summed E-state index contributed by atoms with van der Waals surface area (Å²) < 4.78 is 1.73. The number of carbonyl (C=O) groups is 1. The molecular formula is C20H23N5O2. The van der Waals surface area contributed by atoms with Gasteiger partial charge in [0, 0.05) is 30.3 Å². The van der Waals surface area contributed by atoms with E-state index in [2.05, 4.69) is 20.4 Å². The molecule has 3 aromatic rings. The number of carbonyl (C=O) groups excluding carboxylic acids is 1. The number of aryl methyl sites for hydroxylation is 3. The molecule has 2 N–H and O–H groups in total. The van der Waals surface area contributed by atoms with Crippen LogP contribution in [0.5, 0.6) is 0 Å². The van der Waals surface area contributed by atoms with Gasteiger partial charge in [-0.15, -0.1) is 0 Å². The van der Waals surface area contributed by atoms with Crippen molar-refractivity contribution in [3.63, 3.8) is 0 Å². The summed E-state index contributed by atoms with van der Waals surface area (Å²) in [7, 11) is 1.83. The summed E-state index contributed by atoms with van der Waals surface area (Å²) in [4.78, 5) is 32.1. The SMILES string of the molecule is Cc1nn(C)c(C)c1NC(=O)CCc1c(C)nc(-c2ccccc2)[nH]c1=O. The minimum absolute atomic E-state index is 0.153. The first-order valence-corrected chi connectivity index (χ1v) is 8.82. The highest BCUT2D eigenvalue weighted by Gasteiger charge is 2.15. The molecule has 2 heterocycles. The Bertz CT molecular complexity index is 1030. The lowest BCUT2D eigenvalue weighted by Crippen LogP contribution is -2.20. The third-order valence-corrected chi connectivity index (χ3v) is 4.64. The third-order valence-electron chi connectivity index (χ3n) is 4.64. The number of rotatable bonds is 5. The number of nitrogens with one attached hydrogen (secondary N) is 2. The third kappa shape index (κ3) is 3.97. The second-order valence-corrected chi connectivity index (χ2v) is 6.56. The molecule has 0 bridgehead atoms. The Morgan fingerprint density at radius 1 is 1.15 bits per heavy atom. The molecule has 0 aliphatic carbocycles. The Morgan fingerprint density at radius 2 is 1.85 bits per heavy atom. The van der Waals surface area contributed by atoms with E-state index in [1.807, 2.05) is 51.2 Å². The molecule has 1 aromatic carbocycles. The van der Waals surface area contributed by atoms with Crippen molar-refractivity contribution in [3.8, 4) is 11.4 Å². The van der Waals surface area contributed by atoms with E-state index in [4.69, 9.17) is 0 Å². The zero-order valence-electron chi connectivity index (χ0n) is 16.0. The van der Waals surface area contributed by atoms with Gasteiger partial charge in [0.1, 0.15) is 5.82 Å². The fourth-order valence-electron chi connectivity index (χ4n) is 3.03. The van der Waals surface area contributed by atoms with Crippen molar-refractivity contribution in [3.05, 3.63) is 63.3 Å². The van der Waals surface area contributed by atoms with Crippen LogP contribution in [0.3, 0.4) is 0 Å². The number of amides is 1. The minimum Gasteiger partial charge on any atom is -0.323 e. The first-order chi connectivity index (χ1) is 12.9. The van der Waals surface area contributed by atoms with Crippen molar-refractivity contribution in [1.82, 2.24) is 19.7 Å². The lowest BCUT2D eigenvalue weighted by Gasteiger charge is -2.08. The Hall–Kier alpha value is -3.22. The summed E-state index contributed by atoms with van der Waals surface area (Å²) in [5.74, 6) is 0.382. The summed E-state index contributed by atoms with van der Waals surface area (Å²) in [6.07, 6.45) is 0.525. The number of hydrogen-bond acceptors (Lipinski definition) is 4. The van der Waals surface area contributed by atoms with Crippen molar-refractivity contribution in [2.24, 2.45) is 7.05 Å². The molecule has 3 rings (SSSR count). The van der Waals surface area contributed by atoms with E-state index < -0.39 is 0 Å². The summed E-state index contributed by atoms with van der Waals surface area (Å²) in [5, 5.41) is 7.18. The lowest BCUT2D eigenvalue weighted by molar-refractivity contribution is -0.116. The van der Waals surface area contributed by atoms with Crippen molar-refractivity contribution < 1.29 is 4.79 Å². The van der Waals surface area contributed by atoms with Gasteiger partial charge in [-0.25, -0.2) is 4.98 Å². The van der Waals surface area contributed by atoms with E-state index >= 15 is 0 Å². The largest absolute Gasteiger partial charge is 0.323 e. The van der Waals surface area contributed by atoms with E-state index in [0.717, 1.165) is 22.6 Å². The van der Waals surface area contributed by atoms with Crippen LogP contribution in [0.4, 0.5) is 5.69 Å². The molecule has 0 saturated heterocycles. The number of aromatic amines is 1. The monoisotopic (exact) mass is 365 g/mol. The van der Waals surface area contributed by atoms with Crippen molar-refractivity contribution >= 4 is 11.6 Å². The van der Waals surface area contributed by atoms with E-state index in [0.29, 0.717) is 23.5 Å². The van der Waals surface area contributed by atoms with Gasteiger partial charge in [0.2, 0.25) is 5.91 Å². The van der Waals surface area contributed by atoms with Crippen LogP contribution in [0.2, 0.25) is 0 Å². The molecule has 0 unspecified atom stereocenters. The second-order valence-electron chi connectivity index (χ2n) is 6.56. The molecule has 0 aliphatic heterocycles. The number of anilines is 1. The number of hydrogen-bond donors (Lipinski definition) is 2. The summed E-state index contributed by atoms with van der Waals surface area (Å²) in [6.45, 7) is 5.55. The first kappa shape index (κ1) is 18.6. The molecule has 0 spiro atoms. The fourth-order valence-corrected chi connectivity index (χ4v) is 3.03. The van der Waals surface area contributed by atoms with Gasteiger partial charge in [-0.3, -0.25) is 14.3 Å². The maximum Gasteiger partial charge on any atom is 0.254 e. The van der Waals surface area contributed by atoms with Gasteiger partial charge in [-0.2, -0.15) is 5.10 Å². The number of nitrogens with zero attached hydrogens (tertiary/aromatic N) is 3. The quantitative estimate of drug-likeness (QED) is 0.727. The summed E-state index contributed by atoms with van der Waals surface area (Å²) in [6, 6.07) is 9.48. The molecule has 0 atom stereocenters. The highest BCUT2D eigenvalue weighted by molar-refractivity contribution is 5.92. The average Bonchev–Trinajstić information content (AvgIpc) is 2.87. The van der Waals surface area contributed by atoms with Gasteiger partial charge in [0.05, 0.1) is 17.1 Å². The average molecular weight is 365 g/mol. The molecule has 7 heteroatoms. The Balaban J connectivity index is 1.73. The molecule has 1 amide bonds. The van der Waals surface area contributed by atoms with Gasteiger partial charge in [0.25, 0.3) is 5.56 Å². The normalized spacial score (nSPS) is 10.8. The van der Waals surface area contributed by atoms with Crippen LogP contribution < -0.4 is 10.9 Å². The maximum absolute atomic E-state index is 12.5. The van der Waals surface area contributed by atoms with Gasteiger partial charge in [0.15, 0.2) is 0 Å². The van der Waals surface area contributed by atoms with Crippen molar-refractivity contribution in [1.29, 1.82) is 0 Å². The van der Waals surface area contributed by atoms with Crippen LogP contribution in [-0.2, 0) is 18.3 Å². The van der Waals surface area contributed by atoms with Gasteiger partial charge < -0.3 is 10.3 Å². The maximum atomic E-state index is 12.5. The van der Waals surface area contributed by atoms with Crippen LogP contribution in [0, 0.1) is 20.8 Å². The van der Waals surface area contributed by atoms with E-state index in [9.17, 15) is 9.59 Å². The lowest BCUT2D eigenvalue weighted by atomic mass is 10.1. The van der Waals surface area contributed by atoms with Crippen molar-refractivity contribution in [2.45, 2.75) is 33.6 Å². The van der Waals surface area contributed by atoms with Crippen LogP contribution in [0.1, 0.15) is 29.1 Å². The second kappa shape index (κ2) is 7.57. The number of benzene rings is 1. The predicted octanol–water partition coefficient (Wildman–Crippen LogP) is 2.67. The molecule has 27 heavy (non-hydrogen) atoms. The standard InChI is InChI=1S/C20H23N5O2/c1-12-16(20(27)23-19(21-12)15-8-6-5-7-9-15)10-11-17(26)22-18-13(2)24-25(4)14(18)3/h5-9H,10-11H2,1-4H3,(H,22,26)(H,21,23,27). The van der Waals surface area contributed by atoms with Gasteiger partial charge >= 0.3 is 0 Å². The highest BCUT2D eigenvalue weighted by atomic mass is 16.1. The molecule has 0 saturated carbocycles. The van der Waals surface area contributed by atoms with Crippen LogP contribution in [0.25, 0.3) is 11.4 Å². The first-order valence-electron chi connectivity index (χ1n) is 8.82. The number of aromatic nitrogens is 4. The van der Waals surface area contributed by atoms with E-state index in [1.165, 1.54) is 0 Å². The molecule has 2 aromatic heterocycles.